The Morgan fingerprint density at radius 3 is 2.83 bits per heavy atom. The number of aromatic nitrogens is 2. The molecule has 2 rings (SSSR count). The van der Waals surface area contributed by atoms with Crippen LogP contribution in [-0.2, 0) is 5.88 Å². The van der Waals surface area contributed by atoms with Gasteiger partial charge in [-0.1, -0.05) is 12.8 Å². The largest absolute Gasteiger partial charge is 0.269 e. The number of hydrogen-bond donors (Lipinski definition) is 0. The average molecular weight is 185 g/mol. The van der Waals surface area contributed by atoms with Crippen LogP contribution in [0, 0.1) is 0 Å². The SMILES string of the molecule is ClCc1ccn(C2CCCC2)n1. The number of nitrogens with zero attached hydrogens (tertiary/aromatic N) is 2. The molecular weight excluding hydrogens is 172 g/mol. The van der Waals surface area contributed by atoms with E-state index in [1.54, 1.807) is 0 Å². The Morgan fingerprint density at radius 2 is 2.25 bits per heavy atom. The van der Waals surface area contributed by atoms with Gasteiger partial charge in [-0.3, -0.25) is 4.68 Å². The Bertz CT molecular complexity index is 251. The van der Waals surface area contributed by atoms with Crippen molar-refractivity contribution in [1.29, 1.82) is 0 Å². The molecule has 1 fully saturated rings. The molecule has 0 atom stereocenters. The zero-order valence-electron chi connectivity index (χ0n) is 7.04. The topological polar surface area (TPSA) is 17.8 Å². The van der Waals surface area contributed by atoms with Crippen LogP contribution in [0.3, 0.4) is 0 Å². The predicted molar refractivity (Wildman–Crippen MR) is 49.3 cm³/mol. The van der Waals surface area contributed by atoms with E-state index < -0.39 is 0 Å². The smallest absolute Gasteiger partial charge is 0.0772 e. The van der Waals surface area contributed by atoms with Gasteiger partial charge >= 0.3 is 0 Å². The summed E-state index contributed by atoms with van der Waals surface area (Å²) in [6.45, 7) is 0. The van der Waals surface area contributed by atoms with Crippen molar-refractivity contribution in [2.24, 2.45) is 0 Å². The Kier molecular flexibility index (Phi) is 2.35. The second kappa shape index (κ2) is 3.48. The third kappa shape index (κ3) is 1.48. The van der Waals surface area contributed by atoms with E-state index in [1.165, 1.54) is 25.7 Å². The van der Waals surface area contributed by atoms with Gasteiger partial charge < -0.3 is 0 Å². The van der Waals surface area contributed by atoms with Crippen LogP contribution in [0.1, 0.15) is 37.4 Å². The molecule has 1 aromatic rings. The van der Waals surface area contributed by atoms with Crippen molar-refractivity contribution in [3.8, 4) is 0 Å². The molecule has 66 valence electrons. The minimum absolute atomic E-state index is 0.528. The molecular formula is C9H13ClN2. The van der Waals surface area contributed by atoms with E-state index in [0.717, 1.165) is 5.69 Å². The second-order valence-electron chi connectivity index (χ2n) is 3.36. The molecule has 1 saturated carbocycles. The van der Waals surface area contributed by atoms with E-state index >= 15 is 0 Å². The van der Waals surface area contributed by atoms with Crippen LogP contribution in [0.2, 0.25) is 0 Å². The van der Waals surface area contributed by atoms with Crippen LogP contribution in [0.15, 0.2) is 12.3 Å². The van der Waals surface area contributed by atoms with Gasteiger partial charge in [0.2, 0.25) is 0 Å². The number of alkyl halides is 1. The van der Waals surface area contributed by atoms with E-state index in [9.17, 15) is 0 Å². The third-order valence-corrected chi connectivity index (χ3v) is 2.77. The lowest BCUT2D eigenvalue weighted by molar-refractivity contribution is 0.464. The molecule has 0 N–H and O–H groups in total. The minimum atomic E-state index is 0.528. The summed E-state index contributed by atoms with van der Waals surface area (Å²) in [5, 5.41) is 4.40. The molecule has 0 aromatic carbocycles. The van der Waals surface area contributed by atoms with Crippen LogP contribution in [0.5, 0.6) is 0 Å². The lowest BCUT2D eigenvalue weighted by Crippen LogP contribution is -2.05. The maximum absolute atomic E-state index is 5.67. The van der Waals surface area contributed by atoms with Crippen molar-refractivity contribution in [2.75, 3.05) is 0 Å². The van der Waals surface area contributed by atoms with Gasteiger partial charge in [0.15, 0.2) is 0 Å². The fourth-order valence-electron chi connectivity index (χ4n) is 1.82. The zero-order valence-corrected chi connectivity index (χ0v) is 7.80. The van der Waals surface area contributed by atoms with E-state index in [0.29, 0.717) is 11.9 Å². The van der Waals surface area contributed by atoms with Crippen molar-refractivity contribution in [1.82, 2.24) is 9.78 Å². The highest BCUT2D eigenvalue weighted by Crippen LogP contribution is 2.28. The summed E-state index contributed by atoms with van der Waals surface area (Å²) in [5.74, 6) is 0.528. The Hall–Kier alpha value is -0.500. The standard InChI is InChI=1S/C9H13ClN2/c10-7-8-5-6-12(11-8)9-3-1-2-4-9/h5-6,9H,1-4,7H2. The van der Waals surface area contributed by atoms with Gasteiger partial charge in [-0.2, -0.15) is 5.10 Å². The van der Waals surface area contributed by atoms with E-state index in [2.05, 4.69) is 9.78 Å². The third-order valence-electron chi connectivity index (χ3n) is 2.50. The first kappa shape index (κ1) is 8.11. The second-order valence-corrected chi connectivity index (χ2v) is 3.63. The van der Waals surface area contributed by atoms with Crippen LogP contribution in [-0.4, -0.2) is 9.78 Å². The predicted octanol–water partition coefficient (Wildman–Crippen LogP) is 2.74. The Labute approximate surface area is 77.5 Å². The van der Waals surface area contributed by atoms with Crippen molar-refractivity contribution in [2.45, 2.75) is 37.6 Å². The molecule has 1 aliphatic carbocycles. The molecule has 1 heterocycles. The first-order valence-electron chi connectivity index (χ1n) is 4.50. The minimum Gasteiger partial charge on any atom is -0.269 e. The summed E-state index contributed by atoms with van der Waals surface area (Å²) in [5.41, 5.74) is 0.989. The van der Waals surface area contributed by atoms with Crippen molar-refractivity contribution >= 4 is 11.6 Å². The number of hydrogen-bond acceptors (Lipinski definition) is 1. The van der Waals surface area contributed by atoms with E-state index in [1.807, 2.05) is 12.3 Å². The quantitative estimate of drug-likeness (QED) is 0.647. The van der Waals surface area contributed by atoms with Gasteiger partial charge in [0.1, 0.15) is 0 Å². The van der Waals surface area contributed by atoms with Crippen LogP contribution < -0.4 is 0 Å². The van der Waals surface area contributed by atoms with Crippen molar-refractivity contribution in [3.05, 3.63) is 18.0 Å². The average Bonchev–Trinajstić information content (AvgIpc) is 2.75. The zero-order chi connectivity index (χ0) is 8.39. The lowest BCUT2D eigenvalue weighted by atomic mass is 10.3. The lowest BCUT2D eigenvalue weighted by Gasteiger charge is -2.08. The van der Waals surface area contributed by atoms with Gasteiger partial charge in [0.25, 0.3) is 0 Å². The summed E-state index contributed by atoms with van der Waals surface area (Å²) >= 11 is 5.67. The molecule has 12 heavy (non-hydrogen) atoms. The van der Waals surface area contributed by atoms with Gasteiger partial charge in [-0.05, 0) is 18.9 Å². The molecule has 0 spiro atoms. The van der Waals surface area contributed by atoms with Crippen LogP contribution >= 0.6 is 11.6 Å². The van der Waals surface area contributed by atoms with Gasteiger partial charge in [0.05, 0.1) is 17.6 Å². The maximum atomic E-state index is 5.67. The molecule has 2 nitrogen and oxygen atoms in total. The monoisotopic (exact) mass is 184 g/mol. The van der Waals surface area contributed by atoms with E-state index in [-0.39, 0.29) is 0 Å². The van der Waals surface area contributed by atoms with Crippen LogP contribution in [0.4, 0.5) is 0 Å². The highest BCUT2D eigenvalue weighted by Gasteiger charge is 2.16. The fraction of sp³-hybridized carbons (Fsp3) is 0.667. The molecule has 0 unspecified atom stereocenters. The van der Waals surface area contributed by atoms with E-state index in [4.69, 9.17) is 11.6 Å². The number of halogens is 1. The highest BCUT2D eigenvalue weighted by atomic mass is 35.5. The molecule has 0 aliphatic heterocycles. The Morgan fingerprint density at radius 1 is 1.50 bits per heavy atom. The highest BCUT2D eigenvalue weighted by molar-refractivity contribution is 6.16. The van der Waals surface area contributed by atoms with Gasteiger partial charge in [0, 0.05) is 6.20 Å². The summed E-state index contributed by atoms with van der Waals surface area (Å²) in [6.07, 6.45) is 7.31. The summed E-state index contributed by atoms with van der Waals surface area (Å²) < 4.78 is 2.07. The molecule has 0 radical (unpaired) electrons. The first-order chi connectivity index (χ1) is 5.90. The summed E-state index contributed by atoms with van der Waals surface area (Å²) in [6, 6.07) is 2.65. The molecule has 0 saturated heterocycles. The molecule has 1 aromatic heterocycles. The van der Waals surface area contributed by atoms with Gasteiger partial charge in [-0.15, -0.1) is 11.6 Å². The molecule has 0 bridgehead atoms. The Balaban J connectivity index is 2.11. The normalized spacial score (nSPS) is 18.8. The molecule has 3 heteroatoms. The maximum Gasteiger partial charge on any atom is 0.0772 e. The molecule has 1 aliphatic rings. The first-order valence-corrected chi connectivity index (χ1v) is 5.03. The van der Waals surface area contributed by atoms with Crippen molar-refractivity contribution < 1.29 is 0 Å². The summed E-state index contributed by atoms with van der Waals surface area (Å²) in [7, 11) is 0. The van der Waals surface area contributed by atoms with Gasteiger partial charge in [-0.25, -0.2) is 0 Å². The fourth-order valence-corrected chi connectivity index (χ4v) is 1.96. The molecule has 0 amide bonds. The summed E-state index contributed by atoms with van der Waals surface area (Å²) in [4.78, 5) is 0. The number of rotatable bonds is 2. The van der Waals surface area contributed by atoms with Crippen molar-refractivity contribution in [3.63, 3.8) is 0 Å². The van der Waals surface area contributed by atoms with Crippen LogP contribution in [0.25, 0.3) is 0 Å².